The molecule has 9 rings (SSSR count). The minimum absolute atomic E-state index is 0. The van der Waals surface area contributed by atoms with Crippen LogP contribution < -0.4 is 33.6 Å². The number of aliphatic hydroxyl groups excluding tert-OH is 1. The molecule has 15 N–H and O–H groups in total. The monoisotopic (exact) mass is 962 g/mol. The van der Waals surface area contributed by atoms with Crippen LogP contribution in [0.4, 0.5) is 26.3 Å². The van der Waals surface area contributed by atoms with Crippen molar-refractivity contribution in [2.45, 2.75) is 105 Å². The zero-order valence-corrected chi connectivity index (χ0v) is 33.7. The molecule has 8 aliphatic heterocycles. The molecule has 0 unspecified atom stereocenters. The second kappa shape index (κ2) is 15.8. The summed E-state index contributed by atoms with van der Waals surface area (Å²) in [7, 11) is 0. The van der Waals surface area contributed by atoms with Gasteiger partial charge in [-0.25, -0.2) is 24.8 Å². The average Bonchev–Trinajstić information content (AvgIpc) is 4.03. The summed E-state index contributed by atoms with van der Waals surface area (Å²) in [6, 6.07) is -4.26. The zero-order valence-electron chi connectivity index (χ0n) is 33.7. The van der Waals surface area contributed by atoms with E-state index < -0.39 is 125 Å². The van der Waals surface area contributed by atoms with Gasteiger partial charge in [-0.15, -0.1) is 0 Å². The summed E-state index contributed by atoms with van der Waals surface area (Å²) in [4.78, 5) is 82.0. The summed E-state index contributed by atoms with van der Waals surface area (Å²) in [5.41, 5.74) is 14.7. The van der Waals surface area contributed by atoms with Gasteiger partial charge in [0.2, 0.25) is 35.2 Å². The SMILES string of the molecule is C.NC1=N[C@H]2[C@H](CN3C(=O)CCC3=O)N=C(N)N3C[C@H](O)C(O)(O)[C@]23N1.NC1=N[C@H]2[C@H](CN3C(=O)CCC3=O)N=C(N)N3C[C@H](OC(=O)c4cc(C(F)(F)F)ccc4C(F)(F)F)C(O)(O)[C@]23N1. The number of nitrogens with two attached hydrogens (primary N) is 4. The van der Waals surface area contributed by atoms with Gasteiger partial charge in [0, 0.05) is 25.7 Å². The van der Waals surface area contributed by atoms with Crippen LogP contribution in [-0.4, -0.2) is 184 Å². The summed E-state index contributed by atoms with van der Waals surface area (Å²) in [5, 5.41) is 59.1. The number of benzene rings is 1. The van der Waals surface area contributed by atoms with Gasteiger partial charge in [-0.05, 0) is 18.2 Å². The quantitative estimate of drug-likeness (QED) is 0.0550. The number of guanidine groups is 4. The number of nitrogens with one attached hydrogen (secondary N) is 2. The number of imide groups is 2. The smallest absolute Gasteiger partial charge is 0.417 e. The predicted octanol–water partition coefficient (Wildman–Crippen LogP) is -5.12. The first kappa shape index (κ1) is 48.4. The molecule has 0 bridgehead atoms. The van der Waals surface area contributed by atoms with Crippen LogP contribution in [0.5, 0.6) is 0 Å². The zero-order chi connectivity index (χ0) is 48.4. The highest BCUT2D eigenvalue weighted by atomic mass is 19.4. The van der Waals surface area contributed by atoms with E-state index in [0.717, 1.165) is 14.7 Å². The number of hydrogen-bond acceptors (Lipinski definition) is 23. The van der Waals surface area contributed by atoms with Crippen LogP contribution in [0.2, 0.25) is 0 Å². The molecule has 0 aromatic heterocycles. The molecule has 8 atom stereocenters. The number of rotatable bonds is 6. The number of carbonyl (C=O) groups is 5. The van der Waals surface area contributed by atoms with E-state index in [1.807, 2.05) is 0 Å². The molecule has 4 saturated heterocycles. The number of alkyl halides is 6. The second-order valence-corrected chi connectivity index (χ2v) is 16.4. The number of amides is 4. The molecule has 25 nitrogen and oxygen atoms in total. The molecule has 8 heterocycles. The molecule has 2 spiro atoms. The van der Waals surface area contributed by atoms with Crippen molar-refractivity contribution in [1.29, 1.82) is 0 Å². The van der Waals surface area contributed by atoms with Gasteiger partial charge in [0.05, 0.1) is 55.0 Å². The minimum atomic E-state index is -5.27. The van der Waals surface area contributed by atoms with Crippen molar-refractivity contribution in [2.24, 2.45) is 42.9 Å². The van der Waals surface area contributed by atoms with Crippen molar-refractivity contribution in [1.82, 2.24) is 30.2 Å². The Hall–Kier alpha value is -6.57. The Morgan fingerprint density at radius 2 is 1.13 bits per heavy atom. The van der Waals surface area contributed by atoms with Crippen molar-refractivity contribution in [2.75, 3.05) is 26.2 Å². The normalized spacial score (nSPS) is 32.4. The number of ether oxygens (including phenoxy) is 1. The summed E-state index contributed by atoms with van der Waals surface area (Å²) >= 11 is 0. The lowest BCUT2D eigenvalue weighted by Crippen LogP contribution is -2.77. The van der Waals surface area contributed by atoms with E-state index in [0.29, 0.717) is 0 Å². The first-order valence-electron chi connectivity index (χ1n) is 19.7. The molecular formula is C36H44F6N14O11. The van der Waals surface area contributed by atoms with Crippen molar-refractivity contribution >= 4 is 53.4 Å². The molecule has 0 aliphatic carbocycles. The molecule has 67 heavy (non-hydrogen) atoms. The molecule has 8 aliphatic rings. The van der Waals surface area contributed by atoms with Crippen LogP contribution in [0, 0.1) is 0 Å². The van der Waals surface area contributed by atoms with Gasteiger partial charge >= 0.3 is 18.3 Å². The van der Waals surface area contributed by atoms with Crippen molar-refractivity contribution in [3.8, 4) is 0 Å². The van der Waals surface area contributed by atoms with Gasteiger partial charge in [-0.3, -0.25) is 29.0 Å². The van der Waals surface area contributed by atoms with Crippen molar-refractivity contribution in [3.63, 3.8) is 0 Å². The lowest BCUT2D eigenvalue weighted by Gasteiger charge is -2.48. The predicted molar refractivity (Wildman–Crippen MR) is 211 cm³/mol. The molecule has 4 amide bonds. The molecule has 366 valence electrons. The van der Waals surface area contributed by atoms with E-state index >= 15 is 0 Å². The fraction of sp³-hybridized carbons (Fsp3) is 0.583. The van der Waals surface area contributed by atoms with Crippen molar-refractivity contribution < 1.29 is 80.6 Å². The molecule has 1 aromatic rings. The average molecular weight is 963 g/mol. The second-order valence-electron chi connectivity index (χ2n) is 16.4. The third-order valence-corrected chi connectivity index (χ3v) is 12.7. The number of esters is 1. The lowest BCUT2D eigenvalue weighted by molar-refractivity contribution is -0.257. The summed E-state index contributed by atoms with van der Waals surface area (Å²) in [6.45, 7) is -1.42. The van der Waals surface area contributed by atoms with E-state index in [-0.39, 0.29) is 94.1 Å². The Morgan fingerprint density at radius 3 is 1.57 bits per heavy atom. The number of aliphatic hydroxyl groups is 5. The number of halogens is 6. The standard InChI is InChI=1S/C22H21F6N7O6.C13H19N7O5.CH4/c23-21(24,25)8-1-2-10(22(26,27)28)9(5-8)16(38)41-12-7-35-18(30)31-11(6-34-13(36)3-4-14(34)37)15-19(35,20(12,39)40)33-17(29)32-15;14-10-17-9-5(3-19-7(22)1-2-8(19)23)16-11(15)20-4-6(21)13(24,25)12(9,20)18-10;/h1-2,5,11-12,15,39-40H,3-4,6-7H2,(H2,30,31)(H3,29,32,33);5-6,9,21,24-25H,1-4H2,(H2,15,16)(H3,14,17,18);1H4/t11-,12-,15-,19-;5-,6-,9-,12-;/m00./s1. The van der Waals surface area contributed by atoms with Gasteiger partial charge in [-0.1, -0.05) is 7.43 Å². The molecule has 0 saturated carbocycles. The number of likely N-dealkylation sites (tertiary alicyclic amines) is 2. The highest BCUT2D eigenvalue weighted by Gasteiger charge is 2.75. The lowest BCUT2D eigenvalue weighted by atomic mass is 9.85. The maximum absolute atomic E-state index is 13.6. The first-order chi connectivity index (χ1) is 30.6. The van der Waals surface area contributed by atoms with Gasteiger partial charge in [0.1, 0.15) is 18.2 Å². The van der Waals surface area contributed by atoms with E-state index in [4.69, 9.17) is 27.7 Å². The summed E-state index contributed by atoms with van der Waals surface area (Å²) in [5.74, 6) is -10.5. The maximum Gasteiger partial charge on any atom is 0.417 e. The van der Waals surface area contributed by atoms with Crippen LogP contribution in [0.25, 0.3) is 0 Å². The Balaban J connectivity index is 0.000000219. The summed E-state index contributed by atoms with van der Waals surface area (Å²) < 4.78 is 85.3. The van der Waals surface area contributed by atoms with Crippen LogP contribution in [0.1, 0.15) is 54.6 Å². The van der Waals surface area contributed by atoms with E-state index in [1.165, 1.54) is 4.90 Å². The third kappa shape index (κ3) is 7.25. The van der Waals surface area contributed by atoms with Gasteiger partial charge < -0.3 is 73.6 Å². The maximum atomic E-state index is 13.6. The van der Waals surface area contributed by atoms with Crippen LogP contribution in [0.15, 0.2) is 38.2 Å². The van der Waals surface area contributed by atoms with Gasteiger partial charge in [0.25, 0.3) is 0 Å². The molecule has 4 fully saturated rings. The molecular weight excluding hydrogens is 918 g/mol. The highest BCUT2D eigenvalue weighted by Crippen LogP contribution is 2.48. The fourth-order valence-electron chi connectivity index (χ4n) is 9.60. The van der Waals surface area contributed by atoms with E-state index in [1.54, 1.807) is 0 Å². The van der Waals surface area contributed by atoms with Gasteiger partial charge in [0.15, 0.2) is 41.3 Å². The largest absolute Gasteiger partial charge is 0.451 e. The highest BCUT2D eigenvalue weighted by molar-refractivity contribution is 6.03. The number of carbonyl (C=O) groups excluding carboxylic acids is 5. The number of nitrogens with zero attached hydrogens (tertiary/aromatic N) is 8. The molecule has 1 aromatic carbocycles. The van der Waals surface area contributed by atoms with Crippen LogP contribution in [0.3, 0.4) is 0 Å². The Labute approximate surface area is 372 Å². The third-order valence-electron chi connectivity index (χ3n) is 12.7. The first-order valence-corrected chi connectivity index (χ1v) is 19.7. The van der Waals surface area contributed by atoms with E-state index in [9.17, 15) is 75.8 Å². The number of hydrogen-bond donors (Lipinski definition) is 11. The Bertz CT molecular complexity index is 2400. The Kier molecular flexibility index (Phi) is 11.4. The van der Waals surface area contributed by atoms with E-state index in [2.05, 4.69) is 30.6 Å². The molecule has 31 heteroatoms. The minimum Gasteiger partial charge on any atom is -0.451 e. The van der Waals surface area contributed by atoms with Gasteiger partial charge in [-0.2, -0.15) is 26.3 Å². The fourth-order valence-corrected chi connectivity index (χ4v) is 9.60. The van der Waals surface area contributed by atoms with Crippen LogP contribution >= 0.6 is 0 Å². The Morgan fingerprint density at radius 1 is 0.701 bits per heavy atom. The summed E-state index contributed by atoms with van der Waals surface area (Å²) in [6.07, 6.45) is -13.9. The van der Waals surface area contributed by atoms with Crippen LogP contribution in [-0.2, 0) is 36.3 Å². The molecule has 0 radical (unpaired) electrons. The van der Waals surface area contributed by atoms with Crippen molar-refractivity contribution in [3.05, 3.63) is 34.9 Å². The topological polar surface area (TPSA) is 386 Å². The number of aliphatic imine (C=N–C) groups is 4.